The molecule has 0 aromatic carbocycles. The average molecular weight is 249 g/mol. The lowest BCUT2D eigenvalue weighted by Gasteiger charge is -2.16. The van der Waals surface area contributed by atoms with Crippen LogP contribution in [0.5, 0.6) is 0 Å². The topological polar surface area (TPSA) is 77.2 Å². The number of ketones is 1. The molecule has 0 radical (unpaired) electrons. The van der Waals surface area contributed by atoms with Crippen molar-refractivity contribution in [3.8, 4) is 0 Å². The number of carbonyl (C=O) groups is 1. The second-order valence-electron chi connectivity index (χ2n) is 4.46. The van der Waals surface area contributed by atoms with Crippen molar-refractivity contribution in [3.05, 3.63) is 0 Å². The molecule has 0 aliphatic heterocycles. The maximum atomic E-state index is 11.6. The summed E-state index contributed by atoms with van der Waals surface area (Å²) < 4.78 is 21.7. The third kappa shape index (κ3) is 6.95. The molecule has 2 N–H and O–H groups in total. The molecule has 16 heavy (non-hydrogen) atoms. The molecule has 96 valence electrons. The fourth-order valence-corrected chi connectivity index (χ4v) is 2.13. The van der Waals surface area contributed by atoms with Gasteiger partial charge in [-0.15, -0.1) is 0 Å². The molecule has 0 heterocycles. The van der Waals surface area contributed by atoms with Gasteiger partial charge in [0.1, 0.15) is 15.6 Å². The van der Waals surface area contributed by atoms with Crippen LogP contribution in [0, 0.1) is 5.92 Å². The van der Waals surface area contributed by atoms with Crippen LogP contribution in [0.3, 0.4) is 0 Å². The lowest BCUT2D eigenvalue weighted by atomic mass is 9.94. The highest BCUT2D eigenvalue weighted by Crippen LogP contribution is 2.10. The van der Waals surface area contributed by atoms with Crippen LogP contribution in [0.15, 0.2) is 0 Å². The summed E-state index contributed by atoms with van der Waals surface area (Å²) in [5, 5.41) is 0. The fraction of sp³-hybridized carbons (Fsp3) is 0.909. The van der Waals surface area contributed by atoms with Crippen molar-refractivity contribution in [3.63, 3.8) is 0 Å². The molecule has 0 bridgehead atoms. The Morgan fingerprint density at radius 1 is 1.31 bits per heavy atom. The maximum Gasteiger partial charge on any atom is 0.149 e. The zero-order valence-electron chi connectivity index (χ0n) is 10.4. The first kappa shape index (κ1) is 15.6. The van der Waals surface area contributed by atoms with Crippen molar-refractivity contribution in [2.24, 2.45) is 11.7 Å². The number of hydrogen-bond donors (Lipinski definition) is 1. The Balaban J connectivity index is 3.82. The van der Waals surface area contributed by atoms with Crippen LogP contribution in [-0.2, 0) is 14.6 Å². The molecule has 0 spiro atoms. The predicted octanol–water partition coefficient (Wildman–Crippen LogP) is 1.14. The van der Waals surface area contributed by atoms with E-state index in [9.17, 15) is 13.2 Å². The number of unbranched alkanes of at least 4 members (excludes halogenated alkanes) is 1. The van der Waals surface area contributed by atoms with Gasteiger partial charge in [-0.05, 0) is 18.8 Å². The van der Waals surface area contributed by atoms with Crippen LogP contribution in [0.2, 0.25) is 0 Å². The molecule has 0 saturated carbocycles. The van der Waals surface area contributed by atoms with Crippen molar-refractivity contribution in [1.29, 1.82) is 0 Å². The van der Waals surface area contributed by atoms with Crippen LogP contribution in [0.1, 0.15) is 39.5 Å². The molecule has 0 rings (SSSR count). The number of sulfone groups is 1. The Bertz CT molecular complexity index is 311. The van der Waals surface area contributed by atoms with E-state index in [-0.39, 0.29) is 17.5 Å². The molecule has 0 aromatic heterocycles. The van der Waals surface area contributed by atoms with Crippen molar-refractivity contribution in [2.75, 3.05) is 12.0 Å². The van der Waals surface area contributed by atoms with Gasteiger partial charge < -0.3 is 5.73 Å². The predicted molar refractivity (Wildman–Crippen MR) is 66.0 cm³/mol. The SMILES string of the molecule is CCC(C)[C@H](N)C(=O)CCCCS(C)(=O)=O. The molecule has 4 nitrogen and oxygen atoms in total. The van der Waals surface area contributed by atoms with Gasteiger partial charge in [-0.2, -0.15) is 0 Å². The van der Waals surface area contributed by atoms with E-state index in [2.05, 4.69) is 0 Å². The summed E-state index contributed by atoms with van der Waals surface area (Å²) in [6.45, 7) is 3.96. The van der Waals surface area contributed by atoms with E-state index in [4.69, 9.17) is 5.73 Å². The summed E-state index contributed by atoms with van der Waals surface area (Å²) in [5.41, 5.74) is 5.77. The van der Waals surface area contributed by atoms with Crippen molar-refractivity contribution < 1.29 is 13.2 Å². The Labute approximate surface area is 98.5 Å². The van der Waals surface area contributed by atoms with E-state index in [0.29, 0.717) is 19.3 Å². The largest absolute Gasteiger partial charge is 0.321 e. The quantitative estimate of drug-likeness (QED) is 0.654. The third-order valence-electron chi connectivity index (χ3n) is 2.82. The molecule has 0 saturated heterocycles. The molecule has 0 amide bonds. The lowest BCUT2D eigenvalue weighted by molar-refractivity contribution is -0.121. The van der Waals surface area contributed by atoms with Gasteiger partial charge >= 0.3 is 0 Å². The highest BCUT2D eigenvalue weighted by atomic mass is 32.2. The van der Waals surface area contributed by atoms with Gasteiger partial charge in [0, 0.05) is 18.4 Å². The number of hydrogen-bond acceptors (Lipinski definition) is 4. The monoisotopic (exact) mass is 249 g/mol. The molecular formula is C11H23NO3S. The number of Topliss-reactive ketones (excluding diaryl/α,β-unsaturated/α-hetero) is 1. The zero-order chi connectivity index (χ0) is 12.8. The standard InChI is InChI=1S/C11H23NO3S/c1-4-9(2)11(12)10(13)7-5-6-8-16(3,14)15/h9,11H,4-8,12H2,1-3H3/t9?,11-/m0/s1. The summed E-state index contributed by atoms with van der Waals surface area (Å²) in [5.74, 6) is 0.393. The first-order valence-electron chi connectivity index (χ1n) is 5.74. The van der Waals surface area contributed by atoms with E-state index in [1.807, 2.05) is 13.8 Å². The maximum absolute atomic E-state index is 11.6. The minimum Gasteiger partial charge on any atom is -0.321 e. The lowest BCUT2D eigenvalue weighted by Crippen LogP contribution is -2.36. The van der Waals surface area contributed by atoms with Crippen molar-refractivity contribution >= 4 is 15.6 Å². The highest BCUT2D eigenvalue weighted by Gasteiger charge is 2.18. The van der Waals surface area contributed by atoms with Crippen molar-refractivity contribution in [1.82, 2.24) is 0 Å². The van der Waals surface area contributed by atoms with Gasteiger partial charge in [-0.3, -0.25) is 4.79 Å². The second-order valence-corrected chi connectivity index (χ2v) is 6.72. The summed E-state index contributed by atoms with van der Waals surface area (Å²) >= 11 is 0. The molecular weight excluding hydrogens is 226 g/mol. The molecule has 0 aliphatic carbocycles. The summed E-state index contributed by atoms with van der Waals surface area (Å²) in [7, 11) is -2.91. The van der Waals surface area contributed by atoms with Gasteiger partial charge in [0.25, 0.3) is 0 Å². The minimum absolute atomic E-state index is 0.0443. The molecule has 5 heteroatoms. The number of rotatable bonds is 8. The van der Waals surface area contributed by atoms with Crippen LogP contribution < -0.4 is 5.73 Å². The first-order valence-corrected chi connectivity index (χ1v) is 7.80. The van der Waals surface area contributed by atoms with Gasteiger partial charge in [-0.1, -0.05) is 20.3 Å². The van der Waals surface area contributed by atoms with Gasteiger partial charge in [0.05, 0.1) is 6.04 Å². The van der Waals surface area contributed by atoms with E-state index in [0.717, 1.165) is 6.42 Å². The smallest absolute Gasteiger partial charge is 0.149 e. The van der Waals surface area contributed by atoms with Gasteiger partial charge in [-0.25, -0.2) is 8.42 Å². The Hall–Kier alpha value is -0.420. The second kappa shape index (κ2) is 7.01. The van der Waals surface area contributed by atoms with Crippen LogP contribution >= 0.6 is 0 Å². The zero-order valence-corrected chi connectivity index (χ0v) is 11.2. The van der Waals surface area contributed by atoms with E-state index >= 15 is 0 Å². The fourth-order valence-electron chi connectivity index (χ4n) is 1.40. The van der Waals surface area contributed by atoms with Crippen LogP contribution in [0.4, 0.5) is 0 Å². The molecule has 0 aromatic rings. The highest BCUT2D eigenvalue weighted by molar-refractivity contribution is 7.90. The molecule has 2 atom stereocenters. The van der Waals surface area contributed by atoms with Crippen molar-refractivity contribution in [2.45, 2.75) is 45.6 Å². The minimum atomic E-state index is -2.91. The van der Waals surface area contributed by atoms with E-state index in [1.165, 1.54) is 6.26 Å². The molecule has 0 fully saturated rings. The molecule has 0 aliphatic rings. The van der Waals surface area contributed by atoms with E-state index in [1.54, 1.807) is 0 Å². The van der Waals surface area contributed by atoms with Gasteiger partial charge in [0.15, 0.2) is 0 Å². The Morgan fingerprint density at radius 2 is 1.88 bits per heavy atom. The summed E-state index contributed by atoms with van der Waals surface area (Å²) in [6, 6.07) is -0.400. The number of carbonyl (C=O) groups excluding carboxylic acids is 1. The van der Waals surface area contributed by atoms with Gasteiger partial charge in [0.2, 0.25) is 0 Å². The van der Waals surface area contributed by atoms with Crippen LogP contribution in [-0.4, -0.2) is 32.3 Å². The Morgan fingerprint density at radius 3 is 2.31 bits per heavy atom. The number of nitrogens with two attached hydrogens (primary N) is 1. The summed E-state index contributed by atoms with van der Waals surface area (Å²) in [4.78, 5) is 11.6. The first-order chi connectivity index (χ1) is 7.28. The van der Waals surface area contributed by atoms with Crippen LogP contribution in [0.25, 0.3) is 0 Å². The normalized spacial score (nSPS) is 15.8. The molecule has 1 unspecified atom stereocenters. The average Bonchev–Trinajstić information content (AvgIpc) is 2.20. The Kier molecular flexibility index (Phi) is 6.83. The van der Waals surface area contributed by atoms with E-state index < -0.39 is 15.9 Å². The third-order valence-corrected chi connectivity index (χ3v) is 3.85. The summed E-state index contributed by atoms with van der Waals surface area (Å²) in [6.07, 6.45) is 3.63.